The van der Waals surface area contributed by atoms with Crippen LogP contribution >= 0.6 is 0 Å². The summed E-state index contributed by atoms with van der Waals surface area (Å²) >= 11 is 0. The molecule has 0 amide bonds. The average Bonchev–Trinajstić information content (AvgIpc) is 2.41. The highest BCUT2D eigenvalue weighted by Crippen LogP contribution is 2.36. The van der Waals surface area contributed by atoms with Gasteiger partial charge in [0.1, 0.15) is 0 Å². The molecule has 20 heavy (non-hydrogen) atoms. The largest absolute Gasteiger partial charge is 0.500 e. The van der Waals surface area contributed by atoms with E-state index in [1.165, 1.54) is 18.3 Å². The number of phenolic OH excluding ortho intramolecular Hbond substituents is 1. The first-order valence-corrected chi connectivity index (χ1v) is 5.87. The van der Waals surface area contributed by atoms with Gasteiger partial charge in [-0.25, -0.2) is 0 Å². The zero-order valence-electron chi connectivity index (χ0n) is 10.9. The molecule has 0 atom stereocenters. The number of rotatable bonds is 7. The lowest BCUT2D eigenvalue weighted by Crippen LogP contribution is -2.07. The Kier molecular flexibility index (Phi) is 5.77. The van der Waals surface area contributed by atoms with Gasteiger partial charge in [0.15, 0.2) is 5.75 Å². The lowest BCUT2D eigenvalue weighted by atomic mass is 10.2. The van der Waals surface area contributed by atoms with Gasteiger partial charge in [0.05, 0.1) is 30.2 Å². The van der Waals surface area contributed by atoms with Gasteiger partial charge < -0.3 is 15.3 Å². The van der Waals surface area contributed by atoms with Crippen molar-refractivity contribution >= 4 is 11.9 Å². The van der Waals surface area contributed by atoms with Crippen molar-refractivity contribution in [2.75, 3.05) is 13.2 Å². The van der Waals surface area contributed by atoms with E-state index < -0.39 is 16.4 Å². The topological polar surface area (TPSA) is 121 Å². The Morgan fingerprint density at radius 3 is 3.00 bits per heavy atom. The number of nitrogens with zero attached hydrogens (tertiary/aromatic N) is 3. The Hall–Kier alpha value is -2.82. The van der Waals surface area contributed by atoms with Gasteiger partial charge >= 0.3 is 5.69 Å². The molecule has 0 unspecified atom stereocenters. The number of phenols is 1. The predicted molar refractivity (Wildman–Crippen MR) is 71.8 cm³/mol. The third-order valence-electron chi connectivity index (χ3n) is 2.23. The van der Waals surface area contributed by atoms with Gasteiger partial charge in [-0.05, 0) is 13.0 Å². The minimum atomic E-state index is -0.696. The van der Waals surface area contributed by atoms with Crippen LogP contribution in [0, 0.1) is 21.4 Å². The standard InChI is InChI=1S/C12H14N4O4/c1-2-20-11-7-9(8-15-14-5-3-4-13)6-10(12(11)17)16(18)19/h6-8,14,17H,2-3,5H2,1H3/b15-8+. The highest BCUT2D eigenvalue weighted by atomic mass is 16.6. The second-order valence-electron chi connectivity index (χ2n) is 3.65. The lowest BCUT2D eigenvalue weighted by molar-refractivity contribution is -0.386. The van der Waals surface area contributed by atoms with Crippen LogP contribution < -0.4 is 10.2 Å². The summed E-state index contributed by atoms with van der Waals surface area (Å²) in [5.74, 6) is -0.480. The van der Waals surface area contributed by atoms with Gasteiger partial charge in [-0.2, -0.15) is 10.4 Å². The number of hydrogen-bond donors (Lipinski definition) is 2. The van der Waals surface area contributed by atoms with Crippen molar-refractivity contribution in [2.45, 2.75) is 13.3 Å². The summed E-state index contributed by atoms with van der Waals surface area (Å²) in [6, 6.07) is 4.58. The van der Waals surface area contributed by atoms with Crippen LogP contribution in [0.1, 0.15) is 18.9 Å². The first kappa shape index (κ1) is 15.2. The maximum absolute atomic E-state index is 10.8. The third kappa shape index (κ3) is 4.13. The smallest absolute Gasteiger partial charge is 0.315 e. The van der Waals surface area contributed by atoms with E-state index in [0.29, 0.717) is 18.5 Å². The quantitative estimate of drug-likeness (QED) is 0.337. The van der Waals surface area contributed by atoms with Gasteiger partial charge in [-0.3, -0.25) is 10.1 Å². The number of hydrogen-bond acceptors (Lipinski definition) is 7. The number of benzene rings is 1. The van der Waals surface area contributed by atoms with E-state index in [4.69, 9.17) is 10.00 Å². The lowest BCUT2D eigenvalue weighted by Gasteiger charge is -2.07. The van der Waals surface area contributed by atoms with E-state index in [2.05, 4.69) is 10.5 Å². The van der Waals surface area contributed by atoms with Gasteiger partial charge in [-0.15, -0.1) is 0 Å². The van der Waals surface area contributed by atoms with E-state index in [9.17, 15) is 15.2 Å². The molecule has 0 saturated carbocycles. The van der Waals surface area contributed by atoms with Crippen LogP contribution in [-0.4, -0.2) is 29.4 Å². The molecule has 2 N–H and O–H groups in total. The van der Waals surface area contributed by atoms with Crippen molar-refractivity contribution in [2.24, 2.45) is 5.10 Å². The SMILES string of the molecule is CCOc1cc(/C=N/NCCC#N)cc([N+](=O)[O-])c1O. The maximum atomic E-state index is 10.8. The maximum Gasteiger partial charge on any atom is 0.315 e. The molecule has 0 aromatic heterocycles. The van der Waals surface area contributed by atoms with E-state index in [1.807, 2.05) is 6.07 Å². The molecule has 0 saturated heterocycles. The summed E-state index contributed by atoms with van der Waals surface area (Å²) in [6.07, 6.45) is 1.66. The number of ether oxygens (including phenoxy) is 1. The molecule has 0 spiro atoms. The fraction of sp³-hybridized carbons (Fsp3) is 0.333. The Bertz CT molecular complexity index is 551. The van der Waals surface area contributed by atoms with Crippen LogP contribution in [0.3, 0.4) is 0 Å². The fourth-order valence-electron chi connectivity index (χ4n) is 1.39. The number of nitro groups is 1. The van der Waals surface area contributed by atoms with Crippen molar-refractivity contribution in [3.63, 3.8) is 0 Å². The van der Waals surface area contributed by atoms with Gasteiger partial charge in [0, 0.05) is 18.2 Å². The molecule has 8 nitrogen and oxygen atoms in total. The Morgan fingerprint density at radius 2 is 2.40 bits per heavy atom. The molecule has 0 aliphatic carbocycles. The second kappa shape index (κ2) is 7.58. The molecule has 1 aromatic carbocycles. The number of hydrazone groups is 1. The minimum Gasteiger partial charge on any atom is -0.500 e. The summed E-state index contributed by atoms with van der Waals surface area (Å²) in [6.45, 7) is 2.35. The minimum absolute atomic E-state index is 0.0279. The van der Waals surface area contributed by atoms with Crippen LogP contribution in [0.25, 0.3) is 0 Å². The van der Waals surface area contributed by atoms with Crippen molar-refractivity contribution in [1.29, 1.82) is 5.26 Å². The zero-order valence-corrected chi connectivity index (χ0v) is 10.9. The molecule has 1 rings (SSSR count). The molecular formula is C12H14N4O4. The molecule has 1 aromatic rings. The monoisotopic (exact) mass is 278 g/mol. The molecule has 0 bridgehead atoms. The number of aromatic hydroxyl groups is 1. The normalized spacial score (nSPS) is 10.2. The van der Waals surface area contributed by atoms with Crippen molar-refractivity contribution in [3.8, 4) is 17.6 Å². The van der Waals surface area contributed by atoms with E-state index in [-0.39, 0.29) is 12.4 Å². The Balaban J connectivity index is 2.96. The predicted octanol–water partition coefficient (Wildman–Crippen LogP) is 1.54. The highest BCUT2D eigenvalue weighted by molar-refractivity contribution is 5.83. The Labute approximate surface area is 115 Å². The molecule has 0 aliphatic heterocycles. The number of nitrogens with one attached hydrogen (secondary N) is 1. The van der Waals surface area contributed by atoms with Gasteiger partial charge in [-0.1, -0.05) is 0 Å². The van der Waals surface area contributed by atoms with Crippen molar-refractivity contribution < 1.29 is 14.8 Å². The first-order chi connectivity index (χ1) is 9.60. The summed E-state index contributed by atoms with van der Waals surface area (Å²) in [5.41, 5.74) is 2.58. The summed E-state index contributed by atoms with van der Waals surface area (Å²) in [5, 5.41) is 32.7. The molecule has 0 fully saturated rings. The number of nitro benzene ring substituents is 1. The van der Waals surface area contributed by atoms with Crippen LogP contribution in [0.2, 0.25) is 0 Å². The van der Waals surface area contributed by atoms with Gasteiger partial charge in [0.25, 0.3) is 0 Å². The second-order valence-corrected chi connectivity index (χ2v) is 3.65. The van der Waals surface area contributed by atoms with Crippen LogP contribution in [0.15, 0.2) is 17.2 Å². The molecule has 0 heterocycles. The molecule has 0 radical (unpaired) electrons. The number of nitriles is 1. The molecular weight excluding hydrogens is 264 g/mol. The van der Waals surface area contributed by atoms with E-state index >= 15 is 0 Å². The third-order valence-corrected chi connectivity index (χ3v) is 2.23. The molecule has 8 heteroatoms. The van der Waals surface area contributed by atoms with Crippen LogP contribution in [0.4, 0.5) is 5.69 Å². The summed E-state index contributed by atoms with van der Waals surface area (Å²) < 4.78 is 5.13. The highest BCUT2D eigenvalue weighted by Gasteiger charge is 2.19. The zero-order chi connectivity index (χ0) is 15.0. The molecule has 106 valence electrons. The van der Waals surface area contributed by atoms with Crippen LogP contribution in [-0.2, 0) is 0 Å². The Morgan fingerprint density at radius 1 is 1.65 bits per heavy atom. The van der Waals surface area contributed by atoms with E-state index in [0.717, 1.165) is 0 Å². The van der Waals surface area contributed by atoms with Crippen LogP contribution in [0.5, 0.6) is 11.5 Å². The van der Waals surface area contributed by atoms with E-state index in [1.54, 1.807) is 6.92 Å². The average molecular weight is 278 g/mol. The first-order valence-electron chi connectivity index (χ1n) is 5.87. The fourth-order valence-corrected chi connectivity index (χ4v) is 1.39. The van der Waals surface area contributed by atoms with Crippen molar-refractivity contribution in [1.82, 2.24) is 5.43 Å². The molecule has 0 aliphatic rings. The summed E-state index contributed by atoms with van der Waals surface area (Å²) in [4.78, 5) is 10.1. The van der Waals surface area contributed by atoms with Crippen molar-refractivity contribution in [3.05, 3.63) is 27.8 Å². The summed E-state index contributed by atoms with van der Waals surface area (Å²) in [7, 11) is 0. The van der Waals surface area contributed by atoms with Gasteiger partial charge in [0.2, 0.25) is 5.75 Å².